The van der Waals surface area contributed by atoms with E-state index in [2.05, 4.69) is 9.97 Å². The highest BCUT2D eigenvalue weighted by Crippen LogP contribution is 2.22. The monoisotopic (exact) mass is 368 g/mol. The summed E-state index contributed by atoms with van der Waals surface area (Å²) < 4.78 is 1.77. The summed E-state index contributed by atoms with van der Waals surface area (Å²) in [4.78, 5) is 23.2. The predicted octanol–water partition coefficient (Wildman–Crippen LogP) is 4.19. The lowest BCUT2D eigenvalue weighted by Gasteiger charge is -2.26. The molecule has 0 aliphatic rings. The molecule has 0 aliphatic carbocycles. The van der Waals surface area contributed by atoms with Gasteiger partial charge in [-0.3, -0.25) is 9.78 Å². The van der Waals surface area contributed by atoms with E-state index in [1.807, 2.05) is 57.3 Å². The van der Waals surface area contributed by atoms with E-state index in [9.17, 15) is 4.79 Å². The van der Waals surface area contributed by atoms with Gasteiger partial charge in [-0.05, 0) is 43.7 Å². The number of carbonyl (C=O) groups excluding carboxylic acids is 1. The molecule has 26 heavy (non-hydrogen) atoms. The first-order chi connectivity index (χ1) is 12.4. The Bertz CT molecular complexity index is 919. The molecule has 0 radical (unpaired) electrons. The highest BCUT2D eigenvalue weighted by Gasteiger charge is 2.21. The van der Waals surface area contributed by atoms with E-state index >= 15 is 0 Å². The minimum atomic E-state index is -0.0817. The molecule has 0 N–H and O–H groups in total. The molecule has 0 spiro atoms. The maximum atomic E-state index is 12.8. The van der Waals surface area contributed by atoms with E-state index in [1.54, 1.807) is 28.2 Å². The number of pyridine rings is 1. The van der Waals surface area contributed by atoms with E-state index in [0.717, 1.165) is 16.8 Å². The molecule has 0 unspecified atom stereocenters. The number of aromatic nitrogens is 3. The van der Waals surface area contributed by atoms with Gasteiger partial charge < -0.3 is 9.47 Å². The number of imidazole rings is 1. The first-order valence-corrected chi connectivity index (χ1v) is 8.81. The normalized spacial score (nSPS) is 11.0. The summed E-state index contributed by atoms with van der Waals surface area (Å²) in [6.45, 7) is 4.49. The van der Waals surface area contributed by atoms with Gasteiger partial charge in [0.2, 0.25) is 0 Å². The van der Waals surface area contributed by atoms with Crippen LogP contribution in [0.4, 0.5) is 0 Å². The average molecular weight is 369 g/mol. The molecule has 5 nitrogen and oxygen atoms in total. The minimum Gasteiger partial charge on any atom is -0.340 e. The van der Waals surface area contributed by atoms with Gasteiger partial charge in [0.05, 0.1) is 12.0 Å². The molecule has 134 valence electrons. The molecule has 1 amide bonds. The van der Waals surface area contributed by atoms with Crippen LogP contribution in [-0.4, -0.2) is 31.4 Å². The predicted molar refractivity (Wildman–Crippen MR) is 103 cm³/mol. The maximum absolute atomic E-state index is 12.8. The van der Waals surface area contributed by atoms with E-state index < -0.39 is 0 Å². The fourth-order valence-electron chi connectivity index (χ4n) is 2.73. The number of benzene rings is 1. The second-order valence-electron chi connectivity index (χ2n) is 6.51. The van der Waals surface area contributed by atoms with Crippen LogP contribution in [-0.2, 0) is 13.6 Å². The van der Waals surface area contributed by atoms with Crippen molar-refractivity contribution in [2.45, 2.75) is 26.4 Å². The van der Waals surface area contributed by atoms with Crippen LogP contribution in [0.2, 0.25) is 5.02 Å². The first kappa shape index (κ1) is 18.1. The van der Waals surface area contributed by atoms with Crippen LogP contribution < -0.4 is 0 Å². The number of rotatable bonds is 5. The van der Waals surface area contributed by atoms with Crippen LogP contribution in [0.15, 0.2) is 55.1 Å². The lowest BCUT2D eigenvalue weighted by Crippen LogP contribution is -2.36. The Hall–Kier alpha value is -2.66. The van der Waals surface area contributed by atoms with E-state index in [4.69, 9.17) is 11.6 Å². The Labute approximate surface area is 158 Å². The largest absolute Gasteiger partial charge is 0.340 e. The van der Waals surface area contributed by atoms with Crippen molar-refractivity contribution in [2.24, 2.45) is 7.05 Å². The Kier molecular flexibility index (Phi) is 5.38. The lowest BCUT2D eigenvalue weighted by atomic mass is 10.1. The van der Waals surface area contributed by atoms with Crippen LogP contribution in [0.25, 0.3) is 11.3 Å². The van der Waals surface area contributed by atoms with Gasteiger partial charge in [-0.15, -0.1) is 0 Å². The van der Waals surface area contributed by atoms with Crippen molar-refractivity contribution in [3.05, 3.63) is 71.4 Å². The molecule has 0 fully saturated rings. The SMILES string of the molecule is CC(C)N(Cc1ccnc(-c2cccc(Cl)c2)c1)C(=O)c1cn(C)cn1. The fraction of sp³-hybridized carbons (Fsp3) is 0.250. The smallest absolute Gasteiger partial charge is 0.274 e. The Morgan fingerprint density at radius 2 is 2.04 bits per heavy atom. The summed E-state index contributed by atoms with van der Waals surface area (Å²) in [6.07, 6.45) is 5.13. The van der Waals surface area contributed by atoms with Crippen LogP contribution in [0, 0.1) is 0 Å². The molecule has 3 rings (SSSR count). The van der Waals surface area contributed by atoms with Gasteiger partial charge >= 0.3 is 0 Å². The van der Waals surface area contributed by atoms with Crippen LogP contribution in [0.1, 0.15) is 29.9 Å². The summed E-state index contributed by atoms with van der Waals surface area (Å²) in [6, 6.07) is 11.6. The second-order valence-corrected chi connectivity index (χ2v) is 6.95. The summed E-state index contributed by atoms with van der Waals surface area (Å²) in [5, 5.41) is 0.670. The molecule has 0 saturated carbocycles. The number of hydrogen-bond acceptors (Lipinski definition) is 3. The number of amides is 1. The summed E-state index contributed by atoms with van der Waals surface area (Å²) in [5.74, 6) is -0.0817. The van der Waals surface area contributed by atoms with Gasteiger partial charge in [0.1, 0.15) is 5.69 Å². The van der Waals surface area contributed by atoms with Gasteiger partial charge in [-0.25, -0.2) is 4.98 Å². The molecule has 0 atom stereocenters. The first-order valence-electron chi connectivity index (χ1n) is 8.44. The van der Waals surface area contributed by atoms with Crippen molar-refractivity contribution >= 4 is 17.5 Å². The van der Waals surface area contributed by atoms with Crippen LogP contribution in [0.3, 0.4) is 0 Å². The fourth-order valence-corrected chi connectivity index (χ4v) is 2.92. The number of carbonyl (C=O) groups is 1. The van der Waals surface area contributed by atoms with Crippen molar-refractivity contribution in [1.82, 2.24) is 19.4 Å². The third-order valence-electron chi connectivity index (χ3n) is 4.11. The maximum Gasteiger partial charge on any atom is 0.274 e. The Morgan fingerprint density at radius 1 is 1.23 bits per heavy atom. The van der Waals surface area contributed by atoms with E-state index in [1.165, 1.54) is 0 Å². The number of hydrogen-bond donors (Lipinski definition) is 0. The van der Waals surface area contributed by atoms with Crippen LogP contribution in [0.5, 0.6) is 0 Å². The highest BCUT2D eigenvalue weighted by molar-refractivity contribution is 6.30. The molecule has 2 heterocycles. The third-order valence-corrected chi connectivity index (χ3v) is 4.34. The van der Waals surface area contributed by atoms with Gasteiger partial charge in [0.15, 0.2) is 0 Å². The zero-order chi connectivity index (χ0) is 18.7. The van der Waals surface area contributed by atoms with Gasteiger partial charge in [-0.2, -0.15) is 0 Å². The van der Waals surface area contributed by atoms with E-state index in [-0.39, 0.29) is 11.9 Å². The van der Waals surface area contributed by atoms with E-state index in [0.29, 0.717) is 17.3 Å². The Balaban J connectivity index is 1.86. The molecule has 1 aromatic carbocycles. The molecular weight excluding hydrogens is 348 g/mol. The zero-order valence-corrected chi connectivity index (χ0v) is 15.8. The highest BCUT2D eigenvalue weighted by atomic mass is 35.5. The van der Waals surface area contributed by atoms with Crippen molar-refractivity contribution in [1.29, 1.82) is 0 Å². The van der Waals surface area contributed by atoms with Crippen LogP contribution >= 0.6 is 11.6 Å². The van der Waals surface area contributed by atoms with Crippen molar-refractivity contribution in [3.63, 3.8) is 0 Å². The molecular formula is C20H21ClN4O. The summed E-state index contributed by atoms with van der Waals surface area (Å²) in [7, 11) is 1.85. The number of nitrogens with zero attached hydrogens (tertiary/aromatic N) is 4. The second kappa shape index (κ2) is 7.70. The molecule has 2 aromatic heterocycles. The van der Waals surface area contributed by atoms with Gasteiger partial charge in [-0.1, -0.05) is 23.7 Å². The quantitative estimate of drug-likeness (QED) is 0.678. The zero-order valence-electron chi connectivity index (χ0n) is 15.1. The molecule has 3 aromatic rings. The molecule has 6 heteroatoms. The van der Waals surface area contributed by atoms with Crippen molar-refractivity contribution in [2.75, 3.05) is 0 Å². The topological polar surface area (TPSA) is 51.0 Å². The van der Waals surface area contributed by atoms with Gasteiger partial charge in [0, 0.05) is 42.6 Å². The Morgan fingerprint density at radius 3 is 2.69 bits per heavy atom. The molecule has 0 saturated heterocycles. The van der Waals surface area contributed by atoms with Crippen molar-refractivity contribution < 1.29 is 4.79 Å². The summed E-state index contributed by atoms with van der Waals surface area (Å²) >= 11 is 6.08. The minimum absolute atomic E-state index is 0.0484. The van der Waals surface area contributed by atoms with Gasteiger partial charge in [0.25, 0.3) is 5.91 Å². The number of aryl methyl sites for hydroxylation is 1. The van der Waals surface area contributed by atoms with Crippen molar-refractivity contribution in [3.8, 4) is 11.3 Å². The standard InChI is InChI=1S/C20H21ClN4O/c1-14(2)25(20(26)19-12-24(3)13-23-19)11-15-7-8-22-18(9-15)16-5-4-6-17(21)10-16/h4-10,12-14H,11H2,1-3H3. The molecule has 0 aliphatic heterocycles. The third kappa shape index (κ3) is 4.11. The number of halogens is 1. The molecule has 0 bridgehead atoms. The summed E-state index contributed by atoms with van der Waals surface area (Å²) in [5.41, 5.74) is 3.24. The lowest BCUT2D eigenvalue weighted by molar-refractivity contribution is 0.0684. The average Bonchev–Trinajstić information content (AvgIpc) is 3.05.